The summed E-state index contributed by atoms with van der Waals surface area (Å²) in [5.41, 5.74) is -0.689. The minimum atomic E-state index is -0.924. The molecule has 0 bridgehead atoms. The van der Waals surface area contributed by atoms with Gasteiger partial charge in [-0.25, -0.2) is 9.59 Å². The molecule has 0 saturated heterocycles. The van der Waals surface area contributed by atoms with Gasteiger partial charge in [0.2, 0.25) is 0 Å². The van der Waals surface area contributed by atoms with Crippen LogP contribution in [0.25, 0.3) is 0 Å². The van der Waals surface area contributed by atoms with E-state index in [1.165, 1.54) is 116 Å². The van der Waals surface area contributed by atoms with Crippen LogP contribution in [0.3, 0.4) is 0 Å². The van der Waals surface area contributed by atoms with Gasteiger partial charge in [0.25, 0.3) is 0 Å². The van der Waals surface area contributed by atoms with Gasteiger partial charge in [0.05, 0.1) is 62.7 Å². The van der Waals surface area contributed by atoms with Gasteiger partial charge in [-0.3, -0.25) is 9.59 Å². The van der Waals surface area contributed by atoms with Crippen LogP contribution in [0.5, 0.6) is 0 Å². The topological polar surface area (TPSA) is 166 Å². The van der Waals surface area contributed by atoms with Gasteiger partial charge in [0, 0.05) is 26.6 Å². The fourth-order valence-electron chi connectivity index (χ4n) is 7.36. The van der Waals surface area contributed by atoms with Crippen molar-refractivity contribution in [3.05, 3.63) is 0 Å². The van der Waals surface area contributed by atoms with Crippen LogP contribution in [0.1, 0.15) is 222 Å². The van der Waals surface area contributed by atoms with E-state index in [0.717, 1.165) is 38.5 Å². The summed E-state index contributed by atoms with van der Waals surface area (Å²) in [4.78, 5) is 50.7. The molecule has 68 heavy (non-hydrogen) atoms. The summed E-state index contributed by atoms with van der Waals surface area (Å²) < 4.78 is 44.5. The lowest BCUT2D eigenvalue weighted by Gasteiger charge is -2.28. The number of alkyl carbamates (subject to hydrolysis) is 2. The second kappa shape index (κ2) is 44.3. The fraction of sp³-hybridized carbons (Fsp3) is 0.926. The highest BCUT2D eigenvalue weighted by molar-refractivity contribution is 5.73. The zero-order valence-corrected chi connectivity index (χ0v) is 45.1. The van der Waals surface area contributed by atoms with Crippen LogP contribution < -0.4 is 10.6 Å². The zero-order chi connectivity index (χ0) is 50.6. The molecule has 2 amide bonds. The van der Waals surface area contributed by atoms with Gasteiger partial charge in [-0.1, -0.05) is 169 Å². The Bertz CT molecular complexity index is 1220. The fourth-order valence-corrected chi connectivity index (χ4v) is 7.36. The number of ether oxygens (including phenoxy) is 8. The van der Waals surface area contributed by atoms with Crippen LogP contribution in [0, 0.1) is 11.8 Å². The first-order valence-electron chi connectivity index (χ1n) is 27.2. The van der Waals surface area contributed by atoms with E-state index in [1.807, 2.05) is 41.5 Å². The Morgan fingerprint density at radius 2 is 0.853 bits per heavy atom. The van der Waals surface area contributed by atoms with Gasteiger partial charge in [0.15, 0.2) is 6.10 Å². The van der Waals surface area contributed by atoms with E-state index in [2.05, 4.69) is 24.5 Å². The first kappa shape index (κ1) is 65.3. The van der Waals surface area contributed by atoms with Crippen molar-refractivity contribution in [3.63, 3.8) is 0 Å². The molecule has 0 heterocycles. The maximum Gasteiger partial charge on any atom is 0.407 e. The molecule has 0 aliphatic rings. The molecule has 0 radical (unpaired) electrons. The second-order valence-corrected chi connectivity index (χ2v) is 20.0. The Labute approximate surface area is 415 Å². The second-order valence-electron chi connectivity index (χ2n) is 20.0. The number of nitrogens with one attached hydrogen (secondary N) is 2. The molecule has 0 aromatic heterocycles. The predicted molar refractivity (Wildman–Crippen MR) is 272 cm³/mol. The molecule has 0 aliphatic carbocycles. The lowest BCUT2D eigenvalue weighted by Crippen LogP contribution is -2.36. The van der Waals surface area contributed by atoms with Crippen LogP contribution >= 0.6 is 0 Å². The van der Waals surface area contributed by atoms with E-state index in [-0.39, 0.29) is 82.1 Å². The van der Waals surface area contributed by atoms with Crippen LogP contribution in [-0.2, 0) is 47.5 Å². The largest absolute Gasteiger partial charge is 0.461 e. The zero-order valence-electron chi connectivity index (χ0n) is 45.1. The van der Waals surface area contributed by atoms with Crippen molar-refractivity contribution >= 4 is 24.1 Å². The number of carbonyl (C=O) groups is 4. The summed E-state index contributed by atoms with van der Waals surface area (Å²) in [7, 11) is 1.68. The van der Waals surface area contributed by atoms with Crippen molar-refractivity contribution in [3.8, 4) is 0 Å². The molecule has 0 aromatic carbocycles. The van der Waals surface area contributed by atoms with Crippen molar-refractivity contribution in [2.45, 2.75) is 240 Å². The van der Waals surface area contributed by atoms with Gasteiger partial charge >= 0.3 is 24.1 Å². The van der Waals surface area contributed by atoms with Crippen molar-refractivity contribution in [1.29, 1.82) is 0 Å². The molecule has 2 N–H and O–H groups in total. The van der Waals surface area contributed by atoms with Gasteiger partial charge < -0.3 is 48.5 Å². The SMILES string of the molecule is CCCCCCCCCCCCC[C@@H](C)C(=O)OC[C@H](COC(=O)NCCOCCOCCNC(=O)OCCC(C)(C)OCCC(C)(C)OC)OC(=O)[C@H](C)CCCCCCCCCCCCC. The third kappa shape index (κ3) is 42.2. The number of hydrogen-bond acceptors (Lipinski definition) is 12. The molecular weight excluding hydrogens is 869 g/mol. The number of rotatable bonds is 48. The summed E-state index contributed by atoms with van der Waals surface area (Å²) in [6.07, 6.45) is 27.9. The van der Waals surface area contributed by atoms with Crippen molar-refractivity contribution in [1.82, 2.24) is 10.6 Å². The van der Waals surface area contributed by atoms with Crippen molar-refractivity contribution < 1.29 is 57.1 Å². The van der Waals surface area contributed by atoms with Crippen LogP contribution in [-0.4, -0.2) is 114 Å². The number of hydrogen-bond donors (Lipinski definition) is 2. The van der Waals surface area contributed by atoms with Crippen LogP contribution in [0.2, 0.25) is 0 Å². The predicted octanol–water partition coefficient (Wildman–Crippen LogP) is 12.6. The first-order valence-corrected chi connectivity index (χ1v) is 27.2. The quantitative estimate of drug-likeness (QED) is 0.0337. The van der Waals surface area contributed by atoms with Crippen molar-refractivity contribution in [2.75, 3.05) is 73.1 Å². The van der Waals surface area contributed by atoms with Crippen LogP contribution in [0.4, 0.5) is 9.59 Å². The van der Waals surface area contributed by atoms with Crippen molar-refractivity contribution in [2.24, 2.45) is 11.8 Å². The smallest absolute Gasteiger partial charge is 0.407 e. The Hall–Kier alpha value is -2.68. The lowest BCUT2D eigenvalue weighted by atomic mass is 10.0. The maximum atomic E-state index is 13.1. The normalized spacial score (nSPS) is 13.1. The molecule has 3 atom stereocenters. The number of methoxy groups -OCH3 is 1. The highest BCUT2D eigenvalue weighted by Gasteiger charge is 2.25. The molecule has 402 valence electrons. The van der Waals surface area contributed by atoms with E-state index in [1.54, 1.807) is 7.11 Å². The lowest BCUT2D eigenvalue weighted by molar-refractivity contribution is -0.166. The summed E-state index contributed by atoms with van der Waals surface area (Å²) in [6, 6.07) is 0. The molecule has 0 saturated carbocycles. The van der Waals surface area contributed by atoms with Gasteiger partial charge in [-0.2, -0.15) is 0 Å². The van der Waals surface area contributed by atoms with E-state index in [0.29, 0.717) is 26.1 Å². The van der Waals surface area contributed by atoms with E-state index >= 15 is 0 Å². The molecule has 0 aliphatic heterocycles. The highest BCUT2D eigenvalue weighted by atomic mass is 16.6. The number of amides is 2. The summed E-state index contributed by atoms with van der Waals surface area (Å²) in [6.45, 7) is 18.1. The van der Waals surface area contributed by atoms with E-state index in [9.17, 15) is 19.2 Å². The standard InChI is InChI=1S/C54H104N2O12/c1-10-12-14-16-18-20-22-24-26-28-30-32-46(3)49(57)65-44-48(68-50(58)47(4)33-31-29-27-25-23-21-19-17-15-13-11-2)45-66-52(60)56-37-41-63-43-42-62-40-36-55-51(59)64-38-34-54(7,8)67-39-35-53(5,6)61-9/h46-48H,10-45H2,1-9H3,(H,55,59)(H,56,60)/t46-,47-,48-/m1/s1. The Balaban J connectivity index is 4.55. The highest BCUT2D eigenvalue weighted by Crippen LogP contribution is 2.20. The molecule has 14 heteroatoms. The summed E-state index contributed by atoms with van der Waals surface area (Å²) in [5, 5.41) is 5.30. The first-order chi connectivity index (χ1) is 32.7. The molecule has 0 fully saturated rings. The molecule has 0 spiro atoms. The third-order valence-corrected chi connectivity index (χ3v) is 12.5. The molecule has 0 unspecified atom stereocenters. The average molecular weight is 973 g/mol. The van der Waals surface area contributed by atoms with Gasteiger partial charge in [-0.05, 0) is 47.0 Å². The average Bonchev–Trinajstić information content (AvgIpc) is 3.30. The van der Waals surface area contributed by atoms with Gasteiger partial charge in [-0.15, -0.1) is 0 Å². The molecule has 14 nitrogen and oxygen atoms in total. The maximum absolute atomic E-state index is 13.1. The monoisotopic (exact) mass is 973 g/mol. The van der Waals surface area contributed by atoms with Crippen LogP contribution in [0.15, 0.2) is 0 Å². The van der Waals surface area contributed by atoms with Gasteiger partial charge in [0.1, 0.15) is 13.2 Å². The van der Waals surface area contributed by atoms with E-state index in [4.69, 9.17) is 37.9 Å². The Kier molecular flexibility index (Phi) is 42.5. The number of unbranched alkanes of at least 4 members (excludes halogenated alkanes) is 20. The van der Waals surface area contributed by atoms with E-state index < -0.39 is 23.9 Å². The minimum absolute atomic E-state index is 0.186. The molecule has 0 aromatic rings. The number of esters is 2. The molecular formula is C54H104N2O12. The number of carbonyl (C=O) groups excluding carboxylic acids is 4. The third-order valence-electron chi connectivity index (χ3n) is 12.5. The summed E-state index contributed by atoms with van der Waals surface area (Å²) >= 11 is 0. The Morgan fingerprint density at radius 1 is 0.456 bits per heavy atom. The minimum Gasteiger partial charge on any atom is -0.461 e. The Morgan fingerprint density at radius 3 is 1.31 bits per heavy atom. The summed E-state index contributed by atoms with van der Waals surface area (Å²) in [5.74, 6) is -1.33. The molecule has 0 rings (SSSR count).